The average Bonchev–Trinajstić information content (AvgIpc) is 3.71. The molecule has 4 nitrogen and oxygen atoms in total. The van der Waals surface area contributed by atoms with Gasteiger partial charge < -0.3 is 9.97 Å². The SMILES string of the molecule is CCCCCCC1(CCCCCC)c2ccccc2-c2cc3c(=O)c4cc5[nH]c6cc7c(cc6c(=O)c5cc4[nH]c3cc21)-c1ccccc1C7(CCCCCC)CCCCCC. The molecule has 2 N–H and O–H groups in total. The zero-order chi connectivity index (χ0) is 42.8. The van der Waals surface area contributed by atoms with E-state index < -0.39 is 0 Å². The van der Waals surface area contributed by atoms with Crippen LogP contribution in [0.2, 0.25) is 0 Å². The molecule has 5 aromatic carbocycles. The summed E-state index contributed by atoms with van der Waals surface area (Å²) in [6.45, 7) is 9.14. The van der Waals surface area contributed by atoms with Crippen LogP contribution in [0.3, 0.4) is 0 Å². The van der Waals surface area contributed by atoms with Crippen LogP contribution in [-0.4, -0.2) is 9.97 Å². The van der Waals surface area contributed by atoms with Crippen LogP contribution in [0.25, 0.3) is 65.9 Å². The van der Waals surface area contributed by atoms with Gasteiger partial charge in [-0.25, -0.2) is 0 Å². The highest BCUT2D eigenvalue weighted by molar-refractivity contribution is 6.05. The molecule has 7 aromatic rings. The summed E-state index contributed by atoms with van der Waals surface area (Å²) in [6.07, 6.45) is 24.1. The fourth-order valence-electron chi connectivity index (χ4n) is 12.1. The highest BCUT2D eigenvalue weighted by Crippen LogP contribution is 2.56. The van der Waals surface area contributed by atoms with Gasteiger partial charge in [-0.3, -0.25) is 9.59 Å². The van der Waals surface area contributed by atoms with E-state index in [0.29, 0.717) is 21.5 Å². The Morgan fingerprint density at radius 1 is 0.355 bits per heavy atom. The van der Waals surface area contributed by atoms with E-state index in [-0.39, 0.29) is 21.7 Å². The molecule has 0 aliphatic heterocycles. The molecule has 0 atom stereocenters. The molecule has 2 aromatic heterocycles. The summed E-state index contributed by atoms with van der Waals surface area (Å²) in [5, 5.41) is 2.67. The first kappa shape index (κ1) is 42.3. The molecule has 322 valence electrons. The number of nitrogens with one attached hydrogen (secondary N) is 2. The lowest BCUT2D eigenvalue weighted by Crippen LogP contribution is -2.25. The van der Waals surface area contributed by atoms with Gasteiger partial charge in [0, 0.05) is 32.4 Å². The van der Waals surface area contributed by atoms with Crippen LogP contribution in [0.5, 0.6) is 0 Å². The summed E-state index contributed by atoms with van der Waals surface area (Å²) in [7, 11) is 0. The number of benzene rings is 5. The molecule has 0 fully saturated rings. The van der Waals surface area contributed by atoms with Gasteiger partial charge in [-0.05, 0) is 107 Å². The molecule has 0 saturated carbocycles. The fraction of sp³-hybridized carbons (Fsp3) is 0.448. The van der Waals surface area contributed by atoms with E-state index in [9.17, 15) is 9.59 Å². The number of unbranched alkanes of at least 4 members (excludes halogenated alkanes) is 12. The first-order valence-electron chi connectivity index (χ1n) is 24.8. The van der Waals surface area contributed by atoms with Crippen LogP contribution in [0.15, 0.2) is 94.5 Å². The maximum absolute atomic E-state index is 14.8. The Morgan fingerprint density at radius 2 is 0.677 bits per heavy atom. The van der Waals surface area contributed by atoms with Crippen molar-refractivity contribution in [2.45, 2.75) is 167 Å². The number of aromatic amines is 2. The molecule has 2 aliphatic carbocycles. The minimum Gasteiger partial charge on any atom is -0.354 e. The lowest BCUT2D eigenvalue weighted by Gasteiger charge is -2.33. The molecule has 0 bridgehead atoms. The number of hydrogen-bond acceptors (Lipinski definition) is 2. The Kier molecular flexibility index (Phi) is 12.3. The smallest absolute Gasteiger partial charge is 0.197 e. The molecule has 0 saturated heterocycles. The quantitative estimate of drug-likeness (QED) is 0.0594. The maximum atomic E-state index is 14.8. The minimum absolute atomic E-state index is 0.0165. The van der Waals surface area contributed by atoms with Crippen molar-refractivity contribution in [3.05, 3.63) is 128 Å². The molecular formula is C58H68N2O2. The number of pyridine rings is 2. The largest absolute Gasteiger partial charge is 0.354 e. The number of rotatable bonds is 20. The topological polar surface area (TPSA) is 65.7 Å². The molecule has 0 amide bonds. The van der Waals surface area contributed by atoms with E-state index in [4.69, 9.17) is 0 Å². The van der Waals surface area contributed by atoms with E-state index in [2.05, 4.69) is 110 Å². The van der Waals surface area contributed by atoms with Gasteiger partial charge in [0.05, 0.1) is 22.1 Å². The number of aromatic nitrogens is 2. The molecule has 2 aliphatic rings. The molecular weight excluding hydrogens is 757 g/mol. The van der Waals surface area contributed by atoms with Gasteiger partial charge in [-0.1, -0.05) is 179 Å². The molecule has 4 heteroatoms. The Labute approximate surface area is 369 Å². The Bertz CT molecular complexity index is 2650. The highest BCUT2D eigenvalue weighted by Gasteiger charge is 2.44. The monoisotopic (exact) mass is 825 g/mol. The van der Waals surface area contributed by atoms with Gasteiger partial charge in [0.25, 0.3) is 0 Å². The summed E-state index contributed by atoms with van der Waals surface area (Å²) in [5.41, 5.74) is 13.6. The number of H-pyrrole nitrogens is 2. The second kappa shape index (κ2) is 18.0. The molecule has 0 spiro atoms. The zero-order valence-electron chi connectivity index (χ0n) is 38.0. The normalized spacial score (nSPS) is 14.5. The van der Waals surface area contributed by atoms with E-state index in [1.165, 1.54) is 147 Å². The Balaban J connectivity index is 1.20. The fourth-order valence-corrected chi connectivity index (χ4v) is 12.1. The molecule has 9 rings (SSSR count). The van der Waals surface area contributed by atoms with Crippen molar-refractivity contribution < 1.29 is 0 Å². The summed E-state index contributed by atoms with van der Waals surface area (Å²) in [4.78, 5) is 37.0. The average molecular weight is 825 g/mol. The van der Waals surface area contributed by atoms with Crippen molar-refractivity contribution in [1.29, 1.82) is 0 Å². The Morgan fingerprint density at radius 3 is 1.03 bits per heavy atom. The van der Waals surface area contributed by atoms with Crippen LogP contribution in [-0.2, 0) is 10.8 Å². The number of fused-ring (bicyclic) bond motifs is 10. The highest BCUT2D eigenvalue weighted by atomic mass is 16.1. The van der Waals surface area contributed by atoms with Crippen molar-refractivity contribution in [2.75, 3.05) is 0 Å². The van der Waals surface area contributed by atoms with E-state index in [1.807, 2.05) is 12.1 Å². The first-order valence-corrected chi connectivity index (χ1v) is 24.8. The van der Waals surface area contributed by atoms with E-state index in [1.54, 1.807) is 0 Å². The summed E-state index contributed by atoms with van der Waals surface area (Å²) >= 11 is 0. The molecule has 0 radical (unpaired) electrons. The van der Waals surface area contributed by atoms with Crippen molar-refractivity contribution in [1.82, 2.24) is 9.97 Å². The van der Waals surface area contributed by atoms with Gasteiger partial charge in [0.15, 0.2) is 10.9 Å². The van der Waals surface area contributed by atoms with Crippen molar-refractivity contribution in [3.8, 4) is 22.3 Å². The second-order valence-corrected chi connectivity index (χ2v) is 19.2. The summed E-state index contributed by atoms with van der Waals surface area (Å²) in [6, 6.07) is 30.9. The van der Waals surface area contributed by atoms with Crippen LogP contribution >= 0.6 is 0 Å². The van der Waals surface area contributed by atoms with Gasteiger partial charge >= 0.3 is 0 Å². The summed E-state index contributed by atoms with van der Waals surface area (Å²) in [5.74, 6) is 0. The van der Waals surface area contributed by atoms with E-state index >= 15 is 0 Å². The van der Waals surface area contributed by atoms with Crippen molar-refractivity contribution in [2.24, 2.45) is 0 Å². The maximum Gasteiger partial charge on any atom is 0.197 e. The predicted octanol–water partition coefficient (Wildman–Crippen LogP) is 16.1. The van der Waals surface area contributed by atoms with E-state index in [0.717, 1.165) is 47.8 Å². The van der Waals surface area contributed by atoms with Gasteiger partial charge in [-0.2, -0.15) is 0 Å². The van der Waals surface area contributed by atoms with Crippen LogP contribution in [0.4, 0.5) is 0 Å². The van der Waals surface area contributed by atoms with Crippen LogP contribution < -0.4 is 10.9 Å². The van der Waals surface area contributed by atoms with Crippen LogP contribution in [0, 0.1) is 0 Å². The summed E-state index contributed by atoms with van der Waals surface area (Å²) < 4.78 is 0. The third-order valence-electron chi connectivity index (χ3n) is 15.3. The second-order valence-electron chi connectivity index (χ2n) is 19.2. The van der Waals surface area contributed by atoms with Crippen LogP contribution in [0.1, 0.15) is 178 Å². The lowest BCUT2D eigenvalue weighted by molar-refractivity contribution is 0.401. The molecule has 0 unspecified atom stereocenters. The third kappa shape index (κ3) is 7.24. The minimum atomic E-state index is -0.0750. The third-order valence-corrected chi connectivity index (χ3v) is 15.3. The molecule has 2 heterocycles. The Hall–Kier alpha value is -4.96. The van der Waals surface area contributed by atoms with Gasteiger partial charge in [0.2, 0.25) is 0 Å². The predicted molar refractivity (Wildman–Crippen MR) is 265 cm³/mol. The van der Waals surface area contributed by atoms with Crippen molar-refractivity contribution >= 4 is 43.6 Å². The first-order chi connectivity index (χ1) is 30.4. The van der Waals surface area contributed by atoms with Gasteiger partial charge in [-0.15, -0.1) is 0 Å². The van der Waals surface area contributed by atoms with Crippen molar-refractivity contribution in [3.63, 3.8) is 0 Å². The van der Waals surface area contributed by atoms with Gasteiger partial charge in [0.1, 0.15) is 0 Å². The lowest BCUT2D eigenvalue weighted by atomic mass is 9.70. The molecule has 62 heavy (non-hydrogen) atoms. The standard InChI is InChI=1S/C58H68N2O2/c1-5-9-13-21-29-57(30-22-14-10-6-2)47-27-19-17-25-39(47)41-33-43-53(37-49(41)57)59-51-35-46-52(36-45(51)55(43)61)60-54-38-50-42(34-44(54)56(46)62)40-26-18-20-28-48(40)58(50,31-23-15-11-7-3)32-24-16-12-8-4/h17-20,25-28,33-38H,5-16,21-24,29-32H2,1-4H3,(H,59,61)(H,60,62). The number of hydrogen-bond donors (Lipinski definition) is 2. The zero-order valence-corrected chi connectivity index (χ0v) is 38.0.